The van der Waals surface area contributed by atoms with Gasteiger partial charge in [0.25, 0.3) is 0 Å². The van der Waals surface area contributed by atoms with Gasteiger partial charge in [0.15, 0.2) is 0 Å². The number of aromatic nitrogens is 1. The van der Waals surface area contributed by atoms with Crippen molar-refractivity contribution in [1.29, 1.82) is 0 Å². The molecule has 0 saturated carbocycles. The minimum Gasteiger partial charge on any atom is -0.387 e. The van der Waals surface area contributed by atoms with Crippen molar-refractivity contribution in [1.82, 2.24) is 10.3 Å². The molecule has 21 heavy (non-hydrogen) atoms. The van der Waals surface area contributed by atoms with E-state index in [1.807, 2.05) is 12.1 Å². The molecule has 0 bridgehead atoms. The highest BCUT2D eigenvalue weighted by atomic mass is 16.3. The van der Waals surface area contributed by atoms with Crippen LogP contribution in [0.1, 0.15) is 43.7 Å². The maximum Gasteiger partial charge on any atom is 0.0921 e. The van der Waals surface area contributed by atoms with Gasteiger partial charge in [-0.25, -0.2) is 0 Å². The lowest BCUT2D eigenvalue weighted by Gasteiger charge is -2.24. The number of pyridine rings is 1. The lowest BCUT2D eigenvalue weighted by Crippen LogP contribution is -2.38. The number of hydrogen-bond acceptors (Lipinski definition) is 3. The van der Waals surface area contributed by atoms with E-state index in [0.29, 0.717) is 6.54 Å². The Morgan fingerprint density at radius 1 is 1.24 bits per heavy atom. The summed E-state index contributed by atoms with van der Waals surface area (Å²) >= 11 is 0. The van der Waals surface area contributed by atoms with Gasteiger partial charge in [-0.15, -0.1) is 0 Å². The highest BCUT2D eigenvalue weighted by molar-refractivity contribution is 5.78. The van der Waals surface area contributed by atoms with Crippen LogP contribution in [0, 0.1) is 0 Å². The van der Waals surface area contributed by atoms with Crippen LogP contribution < -0.4 is 5.32 Å². The number of nitrogens with one attached hydrogen (secondary N) is 1. The van der Waals surface area contributed by atoms with Gasteiger partial charge >= 0.3 is 0 Å². The zero-order chi connectivity index (χ0) is 15.0. The van der Waals surface area contributed by atoms with Crippen molar-refractivity contribution in [3.8, 4) is 11.1 Å². The van der Waals surface area contributed by atoms with Crippen LogP contribution in [0.3, 0.4) is 0 Å². The Morgan fingerprint density at radius 3 is 2.76 bits per heavy atom. The van der Waals surface area contributed by atoms with E-state index in [9.17, 15) is 5.11 Å². The number of fused-ring (bicyclic) bond motifs is 3. The molecule has 1 aromatic heterocycles. The van der Waals surface area contributed by atoms with Crippen molar-refractivity contribution in [2.75, 3.05) is 6.54 Å². The van der Waals surface area contributed by atoms with Crippen LogP contribution in [0.15, 0.2) is 36.5 Å². The van der Waals surface area contributed by atoms with Gasteiger partial charge in [0.2, 0.25) is 0 Å². The molecule has 1 aliphatic rings. The molecule has 1 aromatic carbocycles. The van der Waals surface area contributed by atoms with E-state index in [4.69, 9.17) is 0 Å². The molecule has 2 N–H and O–H groups in total. The Labute approximate surface area is 126 Å². The molecule has 3 rings (SSSR count). The van der Waals surface area contributed by atoms with Crippen LogP contribution in [0.5, 0.6) is 0 Å². The van der Waals surface area contributed by atoms with Gasteiger partial charge in [-0.2, -0.15) is 0 Å². The van der Waals surface area contributed by atoms with E-state index < -0.39 is 6.10 Å². The van der Waals surface area contributed by atoms with E-state index in [1.165, 1.54) is 11.1 Å². The molecule has 0 aliphatic heterocycles. The number of β-amino-alcohol motifs (C(OH)–C–C–N with tert-alkyl or cyclic N) is 1. The second kappa shape index (κ2) is 5.24. The minimum atomic E-state index is -0.521. The van der Waals surface area contributed by atoms with Crippen LogP contribution in [0.25, 0.3) is 11.1 Å². The monoisotopic (exact) mass is 282 g/mol. The summed E-state index contributed by atoms with van der Waals surface area (Å²) in [5, 5.41) is 13.9. The average molecular weight is 282 g/mol. The molecule has 110 valence electrons. The minimum absolute atomic E-state index is 0.00487. The maximum atomic E-state index is 10.6. The molecule has 3 nitrogen and oxygen atoms in total. The standard InChI is InChI=1S/C18H22N2O/c1-18(2,3)20-11-16(21)14-8-9-19-15-10-12-6-4-5-7-13(12)17(14)15/h4-9,16,20-21H,10-11H2,1-3H3/t16-/m0/s1. The van der Waals surface area contributed by atoms with Gasteiger partial charge in [-0.1, -0.05) is 24.3 Å². The smallest absolute Gasteiger partial charge is 0.0921 e. The first-order valence-electron chi connectivity index (χ1n) is 7.45. The molecule has 0 unspecified atom stereocenters. The predicted molar refractivity (Wildman–Crippen MR) is 85.2 cm³/mol. The predicted octanol–water partition coefficient (Wildman–Crippen LogP) is 3.07. The van der Waals surface area contributed by atoms with Crippen LogP contribution in [-0.2, 0) is 6.42 Å². The molecule has 0 radical (unpaired) electrons. The van der Waals surface area contributed by atoms with Crippen molar-refractivity contribution in [3.05, 3.63) is 53.3 Å². The van der Waals surface area contributed by atoms with E-state index in [1.54, 1.807) is 6.20 Å². The van der Waals surface area contributed by atoms with Crippen LogP contribution >= 0.6 is 0 Å². The van der Waals surface area contributed by atoms with Crippen molar-refractivity contribution < 1.29 is 5.11 Å². The molecule has 1 heterocycles. The molecular weight excluding hydrogens is 260 g/mol. The molecule has 0 fully saturated rings. The van der Waals surface area contributed by atoms with E-state index in [2.05, 4.69) is 49.3 Å². The Hall–Kier alpha value is -1.71. The highest BCUT2D eigenvalue weighted by Crippen LogP contribution is 2.39. The van der Waals surface area contributed by atoms with Gasteiger partial charge in [0, 0.05) is 30.3 Å². The summed E-state index contributed by atoms with van der Waals surface area (Å²) in [5.41, 5.74) is 5.67. The lowest BCUT2D eigenvalue weighted by atomic mass is 9.98. The SMILES string of the molecule is CC(C)(C)NC[C@H](O)c1ccnc2c1-c1ccccc1C2. The zero-order valence-corrected chi connectivity index (χ0v) is 12.9. The first-order valence-corrected chi connectivity index (χ1v) is 7.45. The zero-order valence-electron chi connectivity index (χ0n) is 12.9. The Kier molecular flexibility index (Phi) is 3.56. The Morgan fingerprint density at radius 2 is 2.00 bits per heavy atom. The summed E-state index contributed by atoms with van der Waals surface area (Å²) in [4.78, 5) is 4.49. The molecule has 3 heteroatoms. The lowest BCUT2D eigenvalue weighted by molar-refractivity contribution is 0.163. The first kappa shape index (κ1) is 14.2. The summed E-state index contributed by atoms with van der Waals surface area (Å²) in [6.07, 6.45) is 2.14. The summed E-state index contributed by atoms with van der Waals surface area (Å²) in [7, 11) is 0. The number of nitrogens with zero attached hydrogens (tertiary/aromatic N) is 1. The number of rotatable bonds is 3. The summed E-state index contributed by atoms with van der Waals surface area (Å²) in [6, 6.07) is 10.3. The fourth-order valence-corrected chi connectivity index (χ4v) is 2.86. The van der Waals surface area contributed by atoms with Gasteiger partial charge in [-0.05, 0) is 43.5 Å². The van der Waals surface area contributed by atoms with Crippen molar-refractivity contribution in [2.24, 2.45) is 0 Å². The van der Waals surface area contributed by atoms with Gasteiger partial charge in [0.1, 0.15) is 0 Å². The molecule has 1 atom stereocenters. The molecule has 0 amide bonds. The number of aliphatic hydroxyl groups excluding tert-OH is 1. The molecule has 2 aromatic rings. The number of hydrogen-bond donors (Lipinski definition) is 2. The van der Waals surface area contributed by atoms with E-state index in [-0.39, 0.29) is 5.54 Å². The largest absolute Gasteiger partial charge is 0.387 e. The van der Waals surface area contributed by atoms with Gasteiger partial charge in [-0.3, -0.25) is 4.98 Å². The van der Waals surface area contributed by atoms with Crippen LogP contribution in [0.2, 0.25) is 0 Å². The first-order chi connectivity index (χ1) is 9.96. The quantitative estimate of drug-likeness (QED) is 0.776. The van der Waals surface area contributed by atoms with Crippen LogP contribution in [0.4, 0.5) is 0 Å². The third-order valence-electron chi connectivity index (χ3n) is 3.89. The average Bonchev–Trinajstić information content (AvgIpc) is 2.82. The highest BCUT2D eigenvalue weighted by Gasteiger charge is 2.25. The molecular formula is C18H22N2O. The summed E-state index contributed by atoms with van der Waals surface area (Å²) in [5.74, 6) is 0. The van der Waals surface area contributed by atoms with Crippen molar-refractivity contribution in [2.45, 2.75) is 38.8 Å². The fraction of sp³-hybridized carbons (Fsp3) is 0.389. The molecule has 1 aliphatic carbocycles. The molecule has 0 spiro atoms. The Bertz CT molecular complexity index is 659. The third kappa shape index (κ3) is 2.85. The topological polar surface area (TPSA) is 45.1 Å². The Balaban J connectivity index is 1.94. The van der Waals surface area contributed by atoms with Gasteiger partial charge < -0.3 is 10.4 Å². The van der Waals surface area contributed by atoms with Crippen LogP contribution in [-0.4, -0.2) is 22.2 Å². The fourth-order valence-electron chi connectivity index (χ4n) is 2.86. The third-order valence-corrected chi connectivity index (χ3v) is 3.89. The number of aliphatic hydroxyl groups is 1. The maximum absolute atomic E-state index is 10.6. The summed E-state index contributed by atoms with van der Waals surface area (Å²) < 4.78 is 0. The van der Waals surface area contributed by atoms with Crippen molar-refractivity contribution >= 4 is 0 Å². The summed E-state index contributed by atoms with van der Waals surface area (Å²) in [6.45, 7) is 6.85. The van der Waals surface area contributed by atoms with E-state index in [0.717, 1.165) is 23.2 Å². The second-order valence-corrected chi connectivity index (χ2v) is 6.70. The van der Waals surface area contributed by atoms with Crippen molar-refractivity contribution in [3.63, 3.8) is 0 Å². The normalized spacial score (nSPS) is 14.7. The van der Waals surface area contributed by atoms with Gasteiger partial charge in [0.05, 0.1) is 11.8 Å². The second-order valence-electron chi connectivity index (χ2n) is 6.70. The number of benzene rings is 1. The van der Waals surface area contributed by atoms with E-state index >= 15 is 0 Å². The molecule has 0 saturated heterocycles.